The van der Waals surface area contributed by atoms with Gasteiger partial charge in [-0.1, -0.05) is 26.2 Å². The molecule has 0 aliphatic rings. The van der Waals surface area contributed by atoms with Crippen molar-refractivity contribution >= 4 is 24.6 Å². The van der Waals surface area contributed by atoms with E-state index >= 15 is 0 Å². The molecule has 0 aromatic rings. The van der Waals surface area contributed by atoms with Gasteiger partial charge in [0.2, 0.25) is 0 Å². The van der Waals surface area contributed by atoms with Crippen LogP contribution in [0.4, 0.5) is 0 Å². The van der Waals surface area contributed by atoms with E-state index in [1.807, 2.05) is 0 Å². The van der Waals surface area contributed by atoms with Crippen LogP contribution in [0.5, 0.6) is 0 Å². The van der Waals surface area contributed by atoms with Gasteiger partial charge in [-0.05, 0) is 0 Å². The highest BCUT2D eigenvalue weighted by molar-refractivity contribution is 8.00. The summed E-state index contributed by atoms with van der Waals surface area (Å²) < 4.78 is 0. The standard InChI is InChI=1S/C4H15PSi2/c1-6(2)5-7(3)4/h5-7H,1-4H3. The average molecular weight is 150 g/mol. The minimum atomic E-state index is -0.139. The first kappa shape index (κ1) is 7.86. The number of hydrogen-bond donors (Lipinski definition) is 0. The summed E-state index contributed by atoms with van der Waals surface area (Å²) in [5.41, 5.74) is 0. The third kappa shape index (κ3) is 6.86. The Balaban J connectivity index is 2.95. The molecular formula is C4H15PSi2. The monoisotopic (exact) mass is 150 g/mol. The Labute approximate surface area is 51.4 Å². The minimum absolute atomic E-state index is 0.139. The van der Waals surface area contributed by atoms with Crippen molar-refractivity contribution in [1.29, 1.82) is 0 Å². The second-order valence-corrected chi connectivity index (χ2v) is 18.4. The van der Waals surface area contributed by atoms with E-state index in [0.29, 0.717) is 0 Å². The third-order valence-corrected chi connectivity index (χ3v) is 18.0. The number of rotatable bonds is 2. The molecule has 0 radical (unpaired) electrons. The molecule has 44 valence electrons. The van der Waals surface area contributed by atoms with Gasteiger partial charge in [-0.2, -0.15) is 7.68 Å². The molecule has 0 aliphatic heterocycles. The van der Waals surface area contributed by atoms with E-state index < -0.39 is 0 Å². The lowest BCUT2D eigenvalue weighted by Gasteiger charge is -2.03. The van der Waals surface area contributed by atoms with E-state index in [-0.39, 0.29) is 16.9 Å². The maximum Gasteiger partial charge on any atom is 0.0510 e. The van der Waals surface area contributed by atoms with Gasteiger partial charge in [0.05, 0.1) is 16.9 Å². The molecular weight excluding hydrogens is 135 g/mol. The first-order valence-corrected chi connectivity index (χ1v) is 12.1. The van der Waals surface area contributed by atoms with Crippen LogP contribution in [-0.4, -0.2) is 16.9 Å². The van der Waals surface area contributed by atoms with Crippen molar-refractivity contribution in [3.8, 4) is 0 Å². The van der Waals surface area contributed by atoms with Crippen LogP contribution in [0.3, 0.4) is 0 Å². The van der Waals surface area contributed by atoms with Crippen LogP contribution in [0.25, 0.3) is 0 Å². The summed E-state index contributed by atoms with van der Waals surface area (Å²) in [6.07, 6.45) is 0. The topological polar surface area (TPSA) is 0 Å². The van der Waals surface area contributed by atoms with Gasteiger partial charge in [-0.25, -0.2) is 0 Å². The normalized spacial score (nSPS) is 11.1. The summed E-state index contributed by atoms with van der Waals surface area (Å²) in [5, 5.41) is 0. The summed E-state index contributed by atoms with van der Waals surface area (Å²) in [6, 6.07) is 0. The molecule has 0 nitrogen and oxygen atoms in total. The number of hydrogen-bond acceptors (Lipinski definition) is 0. The largest absolute Gasteiger partial charge is 0.151 e. The lowest BCUT2D eigenvalue weighted by molar-refractivity contribution is 2.08. The van der Waals surface area contributed by atoms with Crippen LogP contribution in [0.15, 0.2) is 0 Å². The Morgan fingerprint density at radius 1 is 0.857 bits per heavy atom. The summed E-state index contributed by atoms with van der Waals surface area (Å²) in [6.45, 7) is 9.80. The van der Waals surface area contributed by atoms with Crippen molar-refractivity contribution in [2.75, 3.05) is 0 Å². The molecule has 0 fully saturated rings. The molecule has 0 rings (SSSR count). The van der Waals surface area contributed by atoms with Gasteiger partial charge in [0, 0.05) is 0 Å². The highest BCUT2D eigenvalue weighted by Gasteiger charge is 1.98. The molecule has 0 saturated carbocycles. The highest BCUT2D eigenvalue weighted by atomic mass is 31.6. The van der Waals surface area contributed by atoms with Gasteiger partial charge in [0.15, 0.2) is 0 Å². The molecule has 0 amide bonds. The summed E-state index contributed by atoms with van der Waals surface area (Å²) >= 11 is 0. The van der Waals surface area contributed by atoms with Crippen LogP contribution in [-0.2, 0) is 0 Å². The molecule has 3 heteroatoms. The van der Waals surface area contributed by atoms with E-state index in [2.05, 4.69) is 26.2 Å². The Bertz CT molecular complexity index is 39.0. The maximum absolute atomic E-state index is 2.45. The van der Waals surface area contributed by atoms with Crippen LogP contribution in [0.1, 0.15) is 0 Å². The van der Waals surface area contributed by atoms with Crippen molar-refractivity contribution in [3.63, 3.8) is 0 Å². The Morgan fingerprint density at radius 2 is 1.14 bits per heavy atom. The molecule has 0 N–H and O–H groups in total. The van der Waals surface area contributed by atoms with Crippen LogP contribution < -0.4 is 0 Å². The Hall–Kier alpha value is 0.864. The van der Waals surface area contributed by atoms with Crippen LogP contribution in [0.2, 0.25) is 26.2 Å². The summed E-state index contributed by atoms with van der Waals surface area (Å²) in [7, 11) is 1.15. The van der Waals surface area contributed by atoms with E-state index in [1.165, 1.54) is 7.68 Å². The van der Waals surface area contributed by atoms with Crippen molar-refractivity contribution < 1.29 is 0 Å². The predicted molar refractivity (Wildman–Crippen MR) is 46.1 cm³/mol. The van der Waals surface area contributed by atoms with E-state index in [1.54, 1.807) is 0 Å². The molecule has 0 atom stereocenters. The van der Waals surface area contributed by atoms with Gasteiger partial charge in [0.25, 0.3) is 0 Å². The molecule has 0 unspecified atom stereocenters. The highest BCUT2D eigenvalue weighted by Crippen LogP contribution is 2.17. The molecule has 0 aromatic carbocycles. The Kier molecular flexibility index (Phi) is 4.29. The van der Waals surface area contributed by atoms with Crippen molar-refractivity contribution in [3.05, 3.63) is 0 Å². The first-order chi connectivity index (χ1) is 3.13. The van der Waals surface area contributed by atoms with E-state index in [4.69, 9.17) is 0 Å². The average Bonchev–Trinajstić information content (AvgIpc) is 1.27. The lowest BCUT2D eigenvalue weighted by Crippen LogP contribution is -1.99. The van der Waals surface area contributed by atoms with Gasteiger partial charge >= 0.3 is 0 Å². The Morgan fingerprint density at radius 3 is 1.14 bits per heavy atom. The third-order valence-electron chi connectivity index (χ3n) is 0.667. The molecule has 0 heterocycles. The van der Waals surface area contributed by atoms with Gasteiger partial charge in [-0.15, -0.1) is 0 Å². The van der Waals surface area contributed by atoms with E-state index in [9.17, 15) is 0 Å². The fraction of sp³-hybridized carbons (Fsp3) is 1.00. The fourth-order valence-electron chi connectivity index (χ4n) is 0.667. The summed E-state index contributed by atoms with van der Waals surface area (Å²) in [4.78, 5) is 0. The fourth-order valence-corrected chi connectivity index (χ4v) is 18.0. The van der Waals surface area contributed by atoms with Crippen molar-refractivity contribution in [2.45, 2.75) is 26.2 Å². The van der Waals surface area contributed by atoms with Gasteiger partial charge in [-0.3, -0.25) is 0 Å². The van der Waals surface area contributed by atoms with Crippen LogP contribution in [0, 0.1) is 0 Å². The second-order valence-electron chi connectivity index (χ2n) is 2.48. The zero-order chi connectivity index (χ0) is 5.86. The summed E-state index contributed by atoms with van der Waals surface area (Å²) in [5.74, 6) is 0. The zero-order valence-electron chi connectivity index (χ0n) is 5.65. The predicted octanol–water partition coefficient (Wildman–Crippen LogP) is 1.63. The SMILES string of the molecule is C[SiH](C)P[SiH](C)C. The van der Waals surface area contributed by atoms with Gasteiger partial charge < -0.3 is 0 Å². The van der Waals surface area contributed by atoms with Gasteiger partial charge in [0.1, 0.15) is 0 Å². The maximum atomic E-state index is 2.45. The molecule has 0 saturated heterocycles. The van der Waals surface area contributed by atoms with Crippen LogP contribution >= 0.6 is 7.68 Å². The molecule has 0 aliphatic carbocycles. The molecule has 0 aromatic heterocycles. The minimum Gasteiger partial charge on any atom is -0.151 e. The van der Waals surface area contributed by atoms with Crippen molar-refractivity contribution in [1.82, 2.24) is 0 Å². The van der Waals surface area contributed by atoms with Crippen molar-refractivity contribution in [2.24, 2.45) is 0 Å². The second kappa shape index (κ2) is 3.82. The zero-order valence-corrected chi connectivity index (χ0v) is 8.96. The molecule has 0 bridgehead atoms. The molecule has 7 heavy (non-hydrogen) atoms. The smallest absolute Gasteiger partial charge is 0.0510 e. The lowest BCUT2D eigenvalue weighted by atomic mass is 11.9. The quantitative estimate of drug-likeness (QED) is 0.414. The van der Waals surface area contributed by atoms with E-state index in [0.717, 1.165) is 0 Å². The molecule has 0 spiro atoms. The first-order valence-electron chi connectivity index (χ1n) is 2.89.